The number of amides is 2. The van der Waals surface area contributed by atoms with Gasteiger partial charge in [0.1, 0.15) is 0 Å². The Bertz CT molecular complexity index is 296. The SMILES string of the molecule is CC(C)NC(=O)CCCC(=O)NCC(O)C(C)(C)C. The Morgan fingerprint density at radius 1 is 1.11 bits per heavy atom. The number of nitrogens with one attached hydrogen (secondary N) is 2. The Labute approximate surface area is 116 Å². The van der Waals surface area contributed by atoms with Gasteiger partial charge < -0.3 is 15.7 Å². The Kier molecular flexibility index (Phi) is 7.68. The van der Waals surface area contributed by atoms with Crippen molar-refractivity contribution < 1.29 is 14.7 Å². The van der Waals surface area contributed by atoms with E-state index in [0.717, 1.165) is 0 Å². The van der Waals surface area contributed by atoms with Crippen molar-refractivity contribution in [3.8, 4) is 0 Å². The summed E-state index contributed by atoms with van der Waals surface area (Å²) < 4.78 is 0. The average molecular weight is 272 g/mol. The van der Waals surface area contributed by atoms with Crippen LogP contribution in [0.25, 0.3) is 0 Å². The van der Waals surface area contributed by atoms with Gasteiger partial charge >= 0.3 is 0 Å². The summed E-state index contributed by atoms with van der Waals surface area (Å²) in [6.45, 7) is 9.80. The van der Waals surface area contributed by atoms with Gasteiger partial charge in [0.25, 0.3) is 0 Å². The molecule has 0 saturated carbocycles. The topological polar surface area (TPSA) is 78.4 Å². The van der Waals surface area contributed by atoms with Gasteiger partial charge in [0.05, 0.1) is 6.10 Å². The lowest BCUT2D eigenvalue weighted by molar-refractivity contribution is -0.123. The standard InChI is InChI=1S/C14H28N2O3/c1-10(2)16-13(19)8-6-7-12(18)15-9-11(17)14(3,4)5/h10-11,17H,6-9H2,1-5H3,(H,15,18)(H,16,19). The van der Waals surface area contributed by atoms with E-state index < -0.39 is 6.10 Å². The predicted molar refractivity (Wildman–Crippen MR) is 75.6 cm³/mol. The number of rotatable bonds is 7. The van der Waals surface area contributed by atoms with Gasteiger partial charge in [-0.2, -0.15) is 0 Å². The first kappa shape index (κ1) is 17.9. The van der Waals surface area contributed by atoms with E-state index in [2.05, 4.69) is 10.6 Å². The second-order valence-electron chi connectivity index (χ2n) is 6.26. The van der Waals surface area contributed by atoms with Crippen molar-refractivity contribution in [1.82, 2.24) is 10.6 Å². The summed E-state index contributed by atoms with van der Waals surface area (Å²) in [6, 6.07) is 0.128. The van der Waals surface area contributed by atoms with Crippen LogP contribution >= 0.6 is 0 Å². The molecule has 3 N–H and O–H groups in total. The van der Waals surface area contributed by atoms with Crippen molar-refractivity contribution in [2.24, 2.45) is 5.41 Å². The highest BCUT2D eigenvalue weighted by molar-refractivity contribution is 5.78. The molecule has 0 heterocycles. The molecular formula is C14H28N2O3. The van der Waals surface area contributed by atoms with Crippen LogP contribution in [0.15, 0.2) is 0 Å². The largest absolute Gasteiger partial charge is 0.391 e. The van der Waals surface area contributed by atoms with Gasteiger partial charge in [-0.3, -0.25) is 9.59 Å². The van der Waals surface area contributed by atoms with Crippen LogP contribution < -0.4 is 10.6 Å². The van der Waals surface area contributed by atoms with Crippen LogP contribution in [0.1, 0.15) is 53.9 Å². The van der Waals surface area contributed by atoms with Gasteiger partial charge in [0.2, 0.25) is 11.8 Å². The van der Waals surface area contributed by atoms with Gasteiger partial charge in [0.15, 0.2) is 0 Å². The molecule has 0 rings (SSSR count). The number of aliphatic hydroxyl groups is 1. The second-order valence-corrected chi connectivity index (χ2v) is 6.26. The lowest BCUT2D eigenvalue weighted by atomic mass is 9.89. The lowest BCUT2D eigenvalue weighted by Gasteiger charge is -2.25. The molecule has 2 amide bonds. The maximum atomic E-state index is 11.5. The normalized spacial score (nSPS) is 13.2. The van der Waals surface area contributed by atoms with Crippen LogP contribution in [0.2, 0.25) is 0 Å². The number of aliphatic hydroxyl groups excluding tert-OH is 1. The first-order chi connectivity index (χ1) is 8.62. The van der Waals surface area contributed by atoms with Gasteiger partial charge in [-0.25, -0.2) is 0 Å². The number of hydrogen-bond acceptors (Lipinski definition) is 3. The molecular weight excluding hydrogens is 244 g/mol. The van der Waals surface area contributed by atoms with Crippen LogP contribution in [-0.4, -0.2) is 35.6 Å². The van der Waals surface area contributed by atoms with E-state index in [1.165, 1.54) is 0 Å². The third-order valence-electron chi connectivity index (χ3n) is 2.75. The molecule has 0 spiro atoms. The summed E-state index contributed by atoms with van der Waals surface area (Å²) in [5, 5.41) is 15.2. The third kappa shape index (κ3) is 9.47. The molecule has 1 atom stereocenters. The average Bonchev–Trinajstić information content (AvgIpc) is 2.23. The fourth-order valence-electron chi connectivity index (χ4n) is 1.41. The minimum absolute atomic E-state index is 0.0301. The van der Waals surface area contributed by atoms with E-state index in [4.69, 9.17) is 0 Å². The monoisotopic (exact) mass is 272 g/mol. The second kappa shape index (κ2) is 8.15. The molecule has 5 heteroatoms. The van der Waals surface area contributed by atoms with Crippen molar-refractivity contribution in [3.05, 3.63) is 0 Å². The van der Waals surface area contributed by atoms with Gasteiger partial charge in [-0.05, 0) is 25.7 Å². The minimum Gasteiger partial charge on any atom is -0.391 e. The molecule has 0 aliphatic carbocycles. The van der Waals surface area contributed by atoms with Crippen LogP contribution in [-0.2, 0) is 9.59 Å². The molecule has 0 aromatic heterocycles. The van der Waals surface area contributed by atoms with Crippen molar-refractivity contribution in [3.63, 3.8) is 0 Å². The van der Waals surface area contributed by atoms with E-state index in [0.29, 0.717) is 19.3 Å². The fraction of sp³-hybridized carbons (Fsp3) is 0.857. The number of carbonyl (C=O) groups excluding carboxylic acids is 2. The first-order valence-electron chi connectivity index (χ1n) is 6.87. The van der Waals surface area contributed by atoms with E-state index >= 15 is 0 Å². The molecule has 0 saturated heterocycles. The predicted octanol–water partition coefficient (Wildman–Crippen LogP) is 1.20. The minimum atomic E-state index is -0.569. The highest BCUT2D eigenvalue weighted by Crippen LogP contribution is 2.18. The van der Waals surface area contributed by atoms with Crippen molar-refractivity contribution in [2.45, 2.75) is 66.0 Å². The Morgan fingerprint density at radius 3 is 2.11 bits per heavy atom. The molecule has 0 aromatic carbocycles. The van der Waals surface area contributed by atoms with E-state index in [1.54, 1.807) is 0 Å². The van der Waals surface area contributed by atoms with Crippen molar-refractivity contribution >= 4 is 11.8 Å². The number of carbonyl (C=O) groups is 2. The zero-order valence-electron chi connectivity index (χ0n) is 12.7. The summed E-state index contributed by atoms with van der Waals surface area (Å²) in [5.41, 5.74) is -0.246. The molecule has 0 aliphatic heterocycles. The molecule has 1 unspecified atom stereocenters. The molecule has 0 aromatic rings. The Hall–Kier alpha value is -1.10. The van der Waals surface area contributed by atoms with Crippen LogP contribution in [0.4, 0.5) is 0 Å². The molecule has 0 aliphatic rings. The molecule has 0 bridgehead atoms. The van der Waals surface area contributed by atoms with E-state index in [1.807, 2.05) is 34.6 Å². The quantitative estimate of drug-likeness (QED) is 0.651. The summed E-state index contributed by atoms with van der Waals surface area (Å²) in [7, 11) is 0. The summed E-state index contributed by atoms with van der Waals surface area (Å²) in [4.78, 5) is 22.9. The summed E-state index contributed by atoms with van der Waals surface area (Å²) in [5.74, 6) is -0.154. The zero-order chi connectivity index (χ0) is 15.1. The van der Waals surface area contributed by atoms with Crippen molar-refractivity contribution in [2.75, 3.05) is 6.54 Å². The molecule has 5 nitrogen and oxygen atoms in total. The molecule has 112 valence electrons. The fourth-order valence-corrected chi connectivity index (χ4v) is 1.41. The summed E-state index contributed by atoms with van der Waals surface area (Å²) >= 11 is 0. The van der Waals surface area contributed by atoms with Crippen LogP contribution in [0.3, 0.4) is 0 Å². The molecule has 19 heavy (non-hydrogen) atoms. The molecule has 0 fully saturated rings. The zero-order valence-corrected chi connectivity index (χ0v) is 12.7. The third-order valence-corrected chi connectivity index (χ3v) is 2.75. The maximum absolute atomic E-state index is 11.5. The first-order valence-corrected chi connectivity index (χ1v) is 6.87. The molecule has 0 radical (unpaired) electrons. The van der Waals surface area contributed by atoms with Crippen LogP contribution in [0, 0.1) is 5.41 Å². The highest BCUT2D eigenvalue weighted by atomic mass is 16.3. The van der Waals surface area contributed by atoms with Crippen LogP contribution in [0.5, 0.6) is 0 Å². The lowest BCUT2D eigenvalue weighted by Crippen LogP contribution is -2.39. The Balaban J connectivity index is 3.74. The highest BCUT2D eigenvalue weighted by Gasteiger charge is 2.22. The van der Waals surface area contributed by atoms with Gasteiger partial charge in [-0.15, -0.1) is 0 Å². The van der Waals surface area contributed by atoms with Gasteiger partial charge in [-0.1, -0.05) is 20.8 Å². The maximum Gasteiger partial charge on any atom is 0.220 e. The van der Waals surface area contributed by atoms with E-state index in [9.17, 15) is 14.7 Å². The Morgan fingerprint density at radius 2 is 1.63 bits per heavy atom. The van der Waals surface area contributed by atoms with Gasteiger partial charge in [0, 0.05) is 25.4 Å². The van der Waals surface area contributed by atoms with E-state index in [-0.39, 0.29) is 29.8 Å². The van der Waals surface area contributed by atoms with Crippen molar-refractivity contribution in [1.29, 1.82) is 0 Å². The smallest absolute Gasteiger partial charge is 0.220 e. The summed E-state index contributed by atoms with van der Waals surface area (Å²) in [6.07, 6.45) is 0.618. The number of hydrogen-bond donors (Lipinski definition) is 3.